The van der Waals surface area contributed by atoms with Crippen molar-refractivity contribution in [2.75, 3.05) is 20.8 Å². The van der Waals surface area contributed by atoms with Crippen molar-refractivity contribution < 1.29 is 14.3 Å². The Morgan fingerprint density at radius 1 is 1.24 bits per heavy atom. The molecule has 0 spiro atoms. The SMILES string of the molecule is CCC1c2ccsc2CCN1C(=O)c1sc(-c2ccc(OC)c(OC)c2)nc1C. The lowest BCUT2D eigenvalue weighted by Gasteiger charge is -2.35. The predicted octanol–water partition coefficient (Wildman–Crippen LogP) is 5.35. The van der Waals surface area contributed by atoms with Crippen LogP contribution in [-0.2, 0) is 6.42 Å². The van der Waals surface area contributed by atoms with Crippen molar-refractivity contribution in [2.45, 2.75) is 32.7 Å². The Morgan fingerprint density at radius 3 is 2.76 bits per heavy atom. The molecule has 7 heteroatoms. The minimum atomic E-state index is 0.0791. The molecule has 0 radical (unpaired) electrons. The highest BCUT2D eigenvalue weighted by atomic mass is 32.1. The molecule has 0 saturated heterocycles. The van der Waals surface area contributed by atoms with Crippen LogP contribution < -0.4 is 9.47 Å². The number of carbonyl (C=O) groups excluding carboxylic acids is 1. The molecule has 1 aromatic carbocycles. The molecule has 0 fully saturated rings. The summed E-state index contributed by atoms with van der Waals surface area (Å²) in [5.41, 5.74) is 3.00. The van der Waals surface area contributed by atoms with Crippen LogP contribution in [0, 0.1) is 6.92 Å². The molecule has 4 rings (SSSR count). The average Bonchev–Trinajstić information content (AvgIpc) is 3.38. The van der Waals surface area contributed by atoms with Crippen LogP contribution in [0.3, 0.4) is 0 Å². The molecule has 1 atom stereocenters. The molecule has 3 heterocycles. The molecule has 0 saturated carbocycles. The first-order valence-electron chi connectivity index (χ1n) is 9.64. The maximum absolute atomic E-state index is 13.4. The first-order valence-corrected chi connectivity index (χ1v) is 11.3. The molecule has 0 N–H and O–H groups in total. The number of aryl methyl sites for hydroxylation is 1. The number of benzene rings is 1. The van der Waals surface area contributed by atoms with Gasteiger partial charge >= 0.3 is 0 Å². The molecule has 0 bridgehead atoms. The van der Waals surface area contributed by atoms with Gasteiger partial charge in [-0.2, -0.15) is 0 Å². The lowest BCUT2D eigenvalue weighted by Crippen LogP contribution is -2.39. The quantitative estimate of drug-likeness (QED) is 0.550. The van der Waals surface area contributed by atoms with E-state index in [2.05, 4.69) is 23.4 Å². The van der Waals surface area contributed by atoms with E-state index in [4.69, 9.17) is 9.47 Å². The van der Waals surface area contributed by atoms with Gasteiger partial charge in [0, 0.05) is 17.0 Å². The number of thiophene rings is 1. The normalized spacial score (nSPS) is 15.9. The molecule has 1 aliphatic heterocycles. The third-order valence-electron chi connectivity index (χ3n) is 5.36. The predicted molar refractivity (Wildman–Crippen MR) is 117 cm³/mol. The zero-order valence-corrected chi connectivity index (χ0v) is 18.7. The third kappa shape index (κ3) is 3.53. The Balaban J connectivity index is 1.65. The summed E-state index contributed by atoms with van der Waals surface area (Å²) >= 11 is 3.24. The highest BCUT2D eigenvalue weighted by Gasteiger charge is 2.32. The second kappa shape index (κ2) is 8.16. The Kier molecular flexibility index (Phi) is 5.61. The Hall–Kier alpha value is -2.38. The number of aromatic nitrogens is 1. The Labute approximate surface area is 178 Å². The Morgan fingerprint density at radius 2 is 2.03 bits per heavy atom. The second-order valence-corrected chi connectivity index (χ2v) is 8.97. The number of carbonyl (C=O) groups is 1. The minimum Gasteiger partial charge on any atom is -0.493 e. The van der Waals surface area contributed by atoms with Gasteiger partial charge in [-0.15, -0.1) is 22.7 Å². The first kappa shape index (κ1) is 19.9. The summed E-state index contributed by atoms with van der Waals surface area (Å²) in [6, 6.07) is 8.02. The van der Waals surface area contributed by atoms with E-state index < -0.39 is 0 Å². The molecule has 1 aliphatic rings. The van der Waals surface area contributed by atoms with Gasteiger partial charge in [0.05, 0.1) is 26.0 Å². The van der Waals surface area contributed by atoms with Crippen LogP contribution in [0.25, 0.3) is 10.6 Å². The summed E-state index contributed by atoms with van der Waals surface area (Å²) in [6.07, 6.45) is 1.84. The number of thiazole rings is 1. The van der Waals surface area contributed by atoms with Crippen LogP contribution >= 0.6 is 22.7 Å². The van der Waals surface area contributed by atoms with E-state index in [-0.39, 0.29) is 11.9 Å². The number of hydrogen-bond donors (Lipinski definition) is 0. The zero-order valence-electron chi connectivity index (χ0n) is 17.0. The molecule has 5 nitrogen and oxygen atoms in total. The fraction of sp³-hybridized carbons (Fsp3) is 0.364. The third-order valence-corrected chi connectivity index (χ3v) is 7.55. The van der Waals surface area contributed by atoms with Crippen molar-refractivity contribution in [1.82, 2.24) is 9.88 Å². The van der Waals surface area contributed by atoms with Crippen molar-refractivity contribution >= 4 is 28.6 Å². The number of hydrogen-bond acceptors (Lipinski definition) is 6. The van der Waals surface area contributed by atoms with Gasteiger partial charge in [0.2, 0.25) is 0 Å². The Bertz CT molecular complexity index is 1040. The summed E-state index contributed by atoms with van der Waals surface area (Å²) in [7, 11) is 3.23. The van der Waals surface area contributed by atoms with Crippen LogP contribution in [0.5, 0.6) is 11.5 Å². The van der Waals surface area contributed by atoms with Crippen LogP contribution in [0.4, 0.5) is 0 Å². The number of nitrogens with zero attached hydrogens (tertiary/aromatic N) is 2. The van der Waals surface area contributed by atoms with Gasteiger partial charge in [-0.25, -0.2) is 4.98 Å². The molecule has 1 amide bonds. The summed E-state index contributed by atoms with van der Waals surface area (Å²) in [5.74, 6) is 1.40. The van der Waals surface area contributed by atoms with Crippen molar-refractivity contribution in [2.24, 2.45) is 0 Å². The largest absolute Gasteiger partial charge is 0.493 e. The smallest absolute Gasteiger partial charge is 0.266 e. The van der Waals surface area contributed by atoms with Gasteiger partial charge < -0.3 is 14.4 Å². The summed E-state index contributed by atoms with van der Waals surface area (Å²) in [4.78, 5) is 22.3. The molecular formula is C22H24N2O3S2. The second-order valence-electron chi connectivity index (χ2n) is 6.98. The number of methoxy groups -OCH3 is 2. The minimum absolute atomic E-state index is 0.0791. The number of amides is 1. The number of fused-ring (bicyclic) bond motifs is 1. The van der Waals surface area contributed by atoms with Crippen LogP contribution in [-0.4, -0.2) is 36.6 Å². The first-order chi connectivity index (χ1) is 14.1. The number of ether oxygens (including phenoxy) is 2. The van der Waals surface area contributed by atoms with Gasteiger partial charge in [0.15, 0.2) is 11.5 Å². The van der Waals surface area contributed by atoms with Gasteiger partial charge in [-0.05, 0) is 55.0 Å². The van der Waals surface area contributed by atoms with Crippen molar-refractivity contribution in [1.29, 1.82) is 0 Å². The lowest BCUT2D eigenvalue weighted by atomic mass is 9.97. The maximum atomic E-state index is 13.4. The summed E-state index contributed by atoms with van der Waals surface area (Å²) in [6.45, 7) is 4.81. The average molecular weight is 429 g/mol. The van der Waals surface area contributed by atoms with E-state index in [1.54, 1.807) is 25.6 Å². The van der Waals surface area contributed by atoms with Gasteiger partial charge in [-0.3, -0.25) is 4.79 Å². The van der Waals surface area contributed by atoms with Gasteiger partial charge in [-0.1, -0.05) is 6.92 Å². The van der Waals surface area contributed by atoms with Crippen LogP contribution in [0.15, 0.2) is 29.6 Å². The standard InChI is InChI=1S/C22H24N2O3S2/c1-5-16-15-9-11-28-19(15)8-10-24(16)22(25)20-13(2)23-21(29-20)14-6-7-17(26-3)18(12-14)27-4/h6-7,9,11-12,16H,5,8,10H2,1-4H3. The lowest BCUT2D eigenvalue weighted by molar-refractivity contribution is 0.0661. The molecule has 2 aromatic heterocycles. The van der Waals surface area contributed by atoms with Crippen molar-refractivity contribution in [3.63, 3.8) is 0 Å². The van der Waals surface area contributed by atoms with E-state index in [1.165, 1.54) is 21.8 Å². The maximum Gasteiger partial charge on any atom is 0.266 e. The monoisotopic (exact) mass is 428 g/mol. The zero-order chi connectivity index (χ0) is 20.5. The van der Waals surface area contributed by atoms with Crippen molar-refractivity contribution in [3.05, 3.63) is 50.7 Å². The van der Waals surface area contributed by atoms with Gasteiger partial charge in [0.1, 0.15) is 9.88 Å². The highest BCUT2D eigenvalue weighted by molar-refractivity contribution is 7.17. The molecule has 0 aliphatic carbocycles. The fourth-order valence-corrected chi connectivity index (χ4v) is 5.84. The topological polar surface area (TPSA) is 51.7 Å². The van der Waals surface area contributed by atoms with E-state index in [1.807, 2.05) is 30.0 Å². The number of rotatable bonds is 5. The summed E-state index contributed by atoms with van der Waals surface area (Å²) < 4.78 is 10.7. The van der Waals surface area contributed by atoms with E-state index >= 15 is 0 Å². The van der Waals surface area contributed by atoms with Crippen LogP contribution in [0.1, 0.15) is 45.2 Å². The molecule has 3 aromatic rings. The van der Waals surface area contributed by atoms with E-state index in [0.29, 0.717) is 16.4 Å². The van der Waals surface area contributed by atoms with Crippen molar-refractivity contribution in [3.8, 4) is 22.1 Å². The molecule has 1 unspecified atom stereocenters. The van der Waals surface area contributed by atoms with Gasteiger partial charge in [0.25, 0.3) is 5.91 Å². The molecular weight excluding hydrogens is 404 g/mol. The van der Waals surface area contributed by atoms with E-state index in [9.17, 15) is 4.79 Å². The molecule has 29 heavy (non-hydrogen) atoms. The van der Waals surface area contributed by atoms with Crippen LogP contribution in [0.2, 0.25) is 0 Å². The van der Waals surface area contributed by atoms with E-state index in [0.717, 1.165) is 35.7 Å². The fourth-order valence-electron chi connectivity index (χ4n) is 3.90. The highest BCUT2D eigenvalue weighted by Crippen LogP contribution is 2.39. The summed E-state index contributed by atoms with van der Waals surface area (Å²) in [5, 5.41) is 2.95. The molecule has 152 valence electrons.